The van der Waals surface area contributed by atoms with Crippen molar-refractivity contribution in [3.05, 3.63) is 12.3 Å². The molecule has 0 aliphatic heterocycles. The molecule has 88 valence electrons. The Kier molecular flexibility index (Phi) is 3.87. The van der Waals surface area contributed by atoms with Gasteiger partial charge in [0.15, 0.2) is 0 Å². The number of amides is 2. The zero-order chi connectivity index (χ0) is 12.1. The van der Waals surface area contributed by atoms with Crippen LogP contribution in [0.1, 0.15) is 13.3 Å². The molecule has 16 heavy (non-hydrogen) atoms. The van der Waals surface area contributed by atoms with E-state index in [0.29, 0.717) is 5.82 Å². The molecule has 1 unspecified atom stereocenters. The monoisotopic (exact) mass is 225 g/mol. The molecule has 1 aromatic heterocycles. The van der Waals surface area contributed by atoms with E-state index in [9.17, 15) is 9.59 Å². The van der Waals surface area contributed by atoms with Gasteiger partial charge in [-0.2, -0.15) is 5.10 Å². The number of primary amides is 1. The van der Waals surface area contributed by atoms with E-state index in [0.717, 1.165) is 0 Å². The molecule has 7 nitrogen and oxygen atoms in total. The van der Waals surface area contributed by atoms with E-state index in [4.69, 9.17) is 11.5 Å². The van der Waals surface area contributed by atoms with Gasteiger partial charge in [-0.25, -0.2) is 0 Å². The minimum Gasteiger partial charge on any atom is -0.382 e. The molecule has 0 spiro atoms. The van der Waals surface area contributed by atoms with Crippen LogP contribution in [0.4, 0.5) is 5.82 Å². The van der Waals surface area contributed by atoms with Gasteiger partial charge in [-0.3, -0.25) is 14.3 Å². The summed E-state index contributed by atoms with van der Waals surface area (Å²) in [6, 6.07) is 1.32. The fourth-order valence-electron chi connectivity index (χ4n) is 1.29. The number of nitrogens with one attached hydrogen (secondary N) is 1. The predicted octanol–water partition coefficient (Wildman–Crippen LogP) is -1.15. The number of rotatable bonds is 5. The maximum Gasteiger partial charge on any atom is 0.241 e. The number of hydrogen-bond donors (Lipinski definition) is 3. The fourth-order valence-corrected chi connectivity index (χ4v) is 1.29. The number of carbonyl (C=O) groups excluding carboxylic acids is 2. The molecule has 1 aromatic rings. The second-order valence-corrected chi connectivity index (χ2v) is 3.58. The second-order valence-electron chi connectivity index (χ2n) is 3.58. The molecular weight excluding hydrogens is 210 g/mol. The Morgan fingerprint density at radius 3 is 2.81 bits per heavy atom. The molecule has 1 heterocycles. The normalized spacial score (nSPS) is 12.1. The molecule has 1 atom stereocenters. The van der Waals surface area contributed by atoms with Crippen molar-refractivity contribution in [2.24, 2.45) is 5.73 Å². The lowest BCUT2D eigenvalue weighted by Crippen LogP contribution is -2.37. The first kappa shape index (κ1) is 12.0. The fraction of sp³-hybridized carbons (Fsp3) is 0.444. The van der Waals surface area contributed by atoms with Crippen LogP contribution >= 0.6 is 0 Å². The van der Waals surface area contributed by atoms with Gasteiger partial charge in [0.05, 0.1) is 0 Å². The Bertz CT molecular complexity index is 387. The van der Waals surface area contributed by atoms with E-state index >= 15 is 0 Å². The highest BCUT2D eigenvalue weighted by atomic mass is 16.2. The van der Waals surface area contributed by atoms with E-state index < -0.39 is 5.91 Å². The molecule has 0 aliphatic carbocycles. The van der Waals surface area contributed by atoms with Gasteiger partial charge >= 0.3 is 0 Å². The summed E-state index contributed by atoms with van der Waals surface area (Å²) in [7, 11) is 0. The third kappa shape index (κ3) is 3.99. The van der Waals surface area contributed by atoms with Crippen molar-refractivity contribution < 1.29 is 9.59 Å². The lowest BCUT2D eigenvalue weighted by Gasteiger charge is -2.11. The molecule has 0 bridgehead atoms. The highest BCUT2D eigenvalue weighted by Crippen LogP contribution is 1.96. The van der Waals surface area contributed by atoms with Crippen molar-refractivity contribution in [3.8, 4) is 0 Å². The Balaban J connectivity index is 2.38. The van der Waals surface area contributed by atoms with Crippen molar-refractivity contribution >= 4 is 17.6 Å². The minimum atomic E-state index is -0.448. The highest BCUT2D eigenvalue weighted by molar-refractivity contribution is 5.78. The van der Waals surface area contributed by atoms with E-state index in [-0.39, 0.29) is 24.9 Å². The topological polar surface area (TPSA) is 116 Å². The Labute approximate surface area is 92.8 Å². The van der Waals surface area contributed by atoms with Gasteiger partial charge in [0.2, 0.25) is 11.8 Å². The van der Waals surface area contributed by atoms with Gasteiger partial charge in [-0.15, -0.1) is 0 Å². The molecular formula is C9H15N5O2. The number of anilines is 1. The summed E-state index contributed by atoms with van der Waals surface area (Å²) < 4.78 is 1.42. The number of nitrogen functional groups attached to an aromatic ring is 1. The average molecular weight is 225 g/mol. The second kappa shape index (κ2) is 5.15. The third-order valence-electron chi connectivity index (χ3n) is 1.88. The minimum absolute atomic E-state index is 0.0697. The molecule has 0 aliphatic rings. The summed E-state index contributed by atoms with van der Waals surface area (Å²) in [4.78, 5) is 22.0. The number of aromatic nitrogens is 2. The lowest BCUT2D eigenvalue weighted by atomic mass is 10.2. The molecule has 2 amide bonds. The van der Waals surface area contributed by atoms with Crippen LogP contribution in [0, 0.1) is 0 Å². The van der Waals surface area contributed by atoms with E-state index in [1.807, 2.05) is 0 Å². The van der Waals surface area contributed by atoms with Crippen molar-refractivity contribution in [1.29, 1.82) is 0 Å². The van der Waals surface area contributed by atoms with Gasteiger partial charge in [0.1, 0.15) is 12.4 Å². The summed E-state index contributed by atoms with van der Waals surface area (Å²) >= 11 is 0. The largest absolute Gasteiger partial charge is 0.382 e. The first-order valence-electron chi connectivity index (χ1n) is 4.84. The van der Waals surface area contributed by atoms with Crippen LogP contribution in [0.25, 0.3) is 0 Å². The van der Waals surface area contributed by atoms with Crippen LogP contribution in [0.2, 0.25) is 0 Å². The summed E-state index contributed by atoms with van der Waals surface area (Å²) in [5, 5.41) is 6.49. The Hall–Kier alpha value is -2.05. The quantitative estimate of drug-likeness (QED) is 0.586. The summed E-state index contributed by atoms with van der Waals surface area (Å²) in [6.45, 7) is 1.78. The molecule has 0 fully saturated rings. The van der Waals surface area contributed by atoms with Crippen molar-refractivity contribution in [2.75, 3.05) is 5.73 Å². The van der Waals surface area contributed by atoms with Crippen LogP contribution in [0.5, 0.6) is 0 Å². The van der Waals surface area contributed by atoms with Crippen LogP contribution in [-0.2, 0) is 16.1 Å². The number of nitrogens with zero attached hydrogens (tertiary/aromatic N) is 2. The maximum atomic E-state index is 11.4. The zero-order valence-corrected chi connectivity index (χ0v) is 9.01. The molecule has 7 heteroatoms. The maximum absolute atomic E-state index is 11.4. The summed E-state index contributed by atoms with van der Waals surface area (Å²) in [5.74, 6) is -0.328. The Morgan fingerprint density at radius 2 is 2.31 bits per heavy atom. The molecule has 1 rings (SSSR count). The van der Waals surface area contributed by atoms with Gasteiger partial charge in [-0.1, -0.05) is 0 Å². The molecule has 5 N–H and O–H groups in total. The Morgan fingerprint density at radius 1 is 1.62 bits per heavy atom. The van der Waals surface area contributed by atoms with E-state index in [1.54, 1.807) is 19.2 Å². The lowest BCUT2D eigenvalue weighted by molar-refractivity contribution is -0.123. The van der Waals surface area contributed by atoms with Crippen LogP contribution in [-0.4, -0.2) is 27.6 Å². The summed E-state index contributed by atoms with van der Waals surface area (Å²) in [5.41, 5.74) is 10.4. The number of carbonyl (C=O) groups is 2. The average Bonchev–Trinajstić information content (AvgIpc) is 2.48. The van der Waals surface area contributed by atoms with Crippen LogP contribution < -0.4 is 16.8 Å². The zero-order valence-electron chi connectivity index (χ0n) is 9.01. The predicted molar refractivity (Wildman–Crippen MR) is 58.1 cm³/mol. The van der Waals surface area contributed by atoms with E-state index in [1.165, 1.54) is 4.68 Å². The van der Waals surface area contributed by atoms with Crippen molar-refractivity contribution in [3.63, 3.8) is 0 Å². The first-order valence-corrected chi connectivity index (χ1v) is 4.84. The molecule has 0 saturated heterocycles. The standard InChI is InChI=1S/C9H15N5O2/c1-6(4-8(11)15)12-9(16)5-14-3-2-7(10)13-14/h2-3,6H,4-5H2,1H3,(H2,10,13)(H2,11,15)(H,12,16). The van der Waals surface area contributed by atoms with Gasteiger partial charge < -0.3 is 16.8 Å². The molecule has 0 radical (unpaired) electrons. The van der Waals surface area contributed by atoms with Crippen LogP contribution in [0.3, 0.4) is 0 Å². The number of nitrogens with two attached hydrogens (primary N) is 2. The summed E-state index contributed by atoms with van der Waals surface area (Å²) in [6.07, 6.45) is 1.72. The van der Waals surface area contributed by atoms with E-state index in [2.05, 4.69) is 10.4 Å². The molecule has 0 saturated carbocycles. The van der Waals surface area contributed by atoms with Crippen LogP contribution in [0.15, 0.2) is 12.3 Å². The molecule has 0 aromatic carbocycles. The van der Waals surface area contributed by atoms with Crippen molar-refractivity contribution in [2.45, 2.75) is 25.9 Å². The van der Waals surface area contributed by atoms with Gasteiger partial charge in [0.25, 0.3) is 0 Å². The first-order chi connectivity index (χ1) is 7.47. The van der Waals surface area contributed by atoms with Gasteiger partial charge in [-0.05, 0) is 13.0 Å². The highest BCUT2D eigenvalue weighted by Gasteiger charge is 2.10. The smallest absolute Gasteiger partial charge is 0.241 e. The third-order valence-corrected chi connectivity index (χ3v) is 1.88. The van der Waals surface area contributed by atoms with Crippen molar-refractivity contribution in [1.82, 2.24) is 15.1 Å². The number of hydrogen-bond acceptors (Lipinski definition) is 4. The van der Waals surface area contributed by atoms with Gasteiger partial charge in [0, 0.05) is 18.7 Å². The SMILES string of the molecule is CC(CC(N)=O)NC(=O)Cn1ccc(N)n1.